The number of hydrogen-bond acceptors (Lipinski definition) is 3. The molecular formula is C9H9ClN2O2. The van der Waals surface area contributed by atoms with Gasteiger partial charge in [-0.2, -0.15) is 0 Å². The van der Waals surface area contributed by atoms with Crippen LogP contribution in [0.4, 0.5) is 11.4 Å². The number of fused-ring (bicyclic) bond motifs is 1. The van der Waals surface area contributed by atoms with Gasteiger partial charge in [0.2, 0.25) is 0 Å². The van der Waals surface area contributed by atoms with Crippen molar-refractivity contribution < 1.29 is 4.92 Å². The Bertz CT molecular complexity index is 393. The van der Waals surface area contributed by atoms with Crippen LogP contribution in [0.15, 0.2) is 12.1 Å². The van der Waals surface area contributed by atoms with Gasteiger partial charge < -0.3 is 5.32 Å². The third kappa shape index (κ3) is 1.42. The summed E-state index contributed by atoms with van der Waals surface area (Å²) in [7, 11) is 0. The van der Waals surface area contributed by atoms with Crippen molar-refractivity contribution in [3.63, 3.8) is 0 Å². The van der Waals surface area contributed by atoms with Crippen LogP contribution in [0.25, 0.3) is 0 Å². The number of nitro groups is 1. The highest BCUT2D eigenvalue weighted by Crippen LogP contribution is 2.37. The highest BCUT2D eigenvalue weighted by atomic mass is 35.5. The first-order chi connectivity index (χ1) is 6.70. The lowest BCUT2D eigenvalue weighted by molar-refractivity contribution is -0.383. The maximum absolute atomic E-state index is 10.8. The summed E-state index contributed by atoms with van der Waals surface area (Å²) < 4.78 is 0. The fourth-order valence-corrected chi connectivity index (χ4v) is 1.91. The Morgan fingerprint density at radius 3 is 3.00 bits per heavy atom. The number of anilines is 1. The van der Waals surface area contributed by atoms with Gasteiger partial charge in [-0.25, -0.2) is 0 Å². The van der Waals surface area contributed by atoms with Gasteiger partial charge in [0.05, 0.1) is 4.92 Å². The number of nitrogens with zero attached hydrogens (tertiary/aromatic N) is 1. The largest absolute Gasteiger partial charge is 0.379 e. The van der Waals surface area contributed by atoms with E-state index >= 15 is 0 Å². The Balaban J connectivity index is 2.60. The second-order valence-electron chi connectivity index (χ2n) is 3.22. The van der Waals surface area contributed by atoms with Crippen molar-refractivity contribution in [1.82, 2.24) is 0 Å². The molecule has 0 aromatic heterocycles. The van der Waals surface area contributed by atoms with E-state index in [1.807, 2.05) is 6.07 Å². The van der Waals surface area contributed by atoms with Crippen LogP contribution in [0, 0.1) is 10.1 Å². The van der Waals surface area contributed by atoms with E-state index in [0.717, 1.165) is 24.9 Å². The highest BCUT2D eigenvalue weighted by Gasteiger charge is 2.23. The average molecular weight is 213 g/mol. The molecule has 0 atom stereocenters. The molecule has 14 heavy (non-hydrogen) atoms. The molecule has 74 valence electrons. The molecule has 2 rings (SSSR count). The van der Waals surface area contributed by atoms with E-state index in [-0.39, 0.29) is 10.7 Å². The van der Waals surface area contributed by atoms with Gasteiger partial charge in [0.1, 0.15) is 10.7 Å². The number of nitrogens with one attached hydrogen (secondary N) is 1. The topological polar surface area (TPSA) is 55.2 Å². The Hall–Kier alpha value is -1.29. The minimum Gasteiger partial charge on any atom is -0.379 e. The Morgan fingerprint density at radius 1 is 1.50 bits per heavy atom. The van der Waals surface area contributed by atoms with Crippen molar-refractivity contribution in [2.75, 3.05) is 11.9 Å². The molecule has 1 aromatic rings. The van der Waals surface area contributed by atoms with Gasteiger partial charge in [-0.15, -0.1) is 0 Å². The highest BCUT2D eigenvalue weighted by molar-refractivity contribution is 6.33. The summed E-state index contributed by atoms with van der Waals surface area (Å²) in [5.41, 5.74) is 1.57. The number of hydrogen-bond donors (Lipinski definition) is 1. The lowest BCUT2D eigenvalue weighted by Crippen LogP contribution is -2.13. The molecule has 0 unspecified atom stereocenters. The number of nitro benzene ring substituents is 1. The van der Waals surface area contributed by atoms with Gasteiger partial charge in [0, 0.05) is 6.54 Å². The predicted octanol–water partition coefficient (Wildman–Crippen LogP) is 2.61. The minimum absolute atomic E-state index is 0.00358. The smallest absolute Gasteiger partial charge is 0.311 e. The molecule has 0 bridgehead atoms. The minimum atomic E-state index is -0.431. The molecule has 0 saturated carbocycles. The fraction of sp³-hybridized carbons (Fsp3) is 0.333. The fourth-order valence-electron chi connectivity index (χ4n) is 1.68. The SMILES string of the molecule is O=[N+]([O-])c1c(Cl)ccc2c1NCCC2. The normalized spacial score (nSPS) is 14.4. The van der Waals surface area contributed by atoms with E-state index in [1.165, 1.54) is 0 Å². The van der Waals surface area contributed by atoms with Crippen LogP contribution in [-0.4, -0.2) is 11.5 Å². The van der Waals surface area contributed by atoms with Crippen LogP contribution < -0.4 is 5.32 Å². The van der Waals surface area contributed by atoms with E-state index in [9.17, 15) is 10.1 Å². The molecule has 0 amide bonds. The quantitative estimate of drug-likeness (QED) is 0.575. The van der Waals surface area contributed by atoms with Crippen molar-refractivity contribution in [3.05, 3.63) is 32.8 Å². The van der Waals surface area contributed by atoms with Gasteiger partial charge in [-0.05, 0) is 24.5 Å². The Kier molecular flexibility index (Phi) is 2.29. The second-order valence-corrected chi connectivity index (χ2v) is 3.62. The number of aryl methyl sites for hydroxylation is 1. The molecule has 0 radical (unpaired) electrons. The van der Waals surface area contributed by atoms with Crippen LogP contribution in [-0.2, 0) is 6.42 Å². The molecule has 1 heterocycles. The molecule has 0 spiro atoms. The molecular weight excluding hydrogens is 204 g/mol. The van der Waals surface area contributed by atoms with Crippen molar-refractivity contribution in [2.45, 2.75) is 12.8 Å². The lowest BCUT2D eigenvalue weighted by atomic mass is 10.0. The van der Waals surface area contributed by atoms with Crippen LogP contribution in [0.2, 0.25) is 5.02 Å². The maximum Gasteiger partial charge on any atom is 0.311 e. The molecule has 0 aliphatic carbocycles. The van der Waals surface area contributed by atoms with E-state index < -0.39 is 4.92 Å². The first-order valence-electron chi connectivity index (χ1n) is 4.40. The molecule has 0 fully saturated rings. The lowest BCUT2D eigenvalue weighted by Gasteiger charge is -2.17. The van der Waals surface area contributed by atoms with E-state index in [1.54, 1.807) is 6.07 Å². The van der Waals surface area contributed by atoms with Crippen LogP contribution in [0.3, 0.4) is 0 Å². The first-order valence-corrected chi connectivity index (χ1v) is 4.77. The van der Waals surface area contributed by atoms with Crippen LogP contribution in [0.1, 0.15) is 12.0 Å². The Labute approximate surface area is 86.0 Å². The summed E-state index contributed by atoms with van der Waals surface area (Å²) in [5, 5.41) is 14.0. The zero-order chi connectivity index (χ0) is 10.1. The third-order valence-corrected chi connectivity index (χ3v) is 2.63. The summed E-state index contributed by atoms with van der Waals surface area (Å²) in [4.78, 5) is 10.3. The van der Waals surface area contributed by atoms with Crippen molar-refractivity contribution in [3.8, 4) is 0 Å². The van der Waals surface area contributed by atoms with Gasteiger partial charge in [0.25, 0.3) is 0 Å². The van der Waals surface area contributed by atoms with Gasteiger partial charge in [-0.1, -0.05) is 17.7 Å². The summed E-state index contributed by atoms with van der Waals surface area (Å²) in [5.74, 6) is 0. The second kappa shape index (κ2) is 3.46. The number of halogens is 1. The average Bonchev–Trinajstić information content (AvgIpc) is 2.17. The first kappa shape index (κ1) is 9.27. The summed E-state index contributed by atoms with van der Waals surface area (Å²) >= 11 is 5.77. The van der Waals surface area contributed by atoms with E-state index in [4.69, 9.17) is 11.6 Å². The number of benzene rings is 1. The molecule has 5 heteroatoms. The standard InChI is InChI=1S/C9H9ClN2O2/c10-7-4-3-6-2-1-5-11-8(6)9(7)12(13)14/h3-4,11H,1-2,5H2. The molecule has 0 saturated heterocycles. The van der Waals surface area contributed by atoms with Gasteiger partial charge in [-0.3, -0.25) is 10.1 Å². The monoisotopic (exact) mass is 212 g/mol. The van der Waals surface area contributed by atoms with Crippen molar-refractivity contribution in [2.24, 2.45) is 0 Å². The van der Waals surface area contributed by atoms with Crippen LogP contribution >= 0.6 is 11.6 Å². The summed E-state index contributed by atoms with van der Waals surface area (Å²) in [6, 6.07) is 3.43. The maximum atomic E-state index is 10.8. The Morgan fingerprint density at radius 2 is 2.29 bits per heavy atom. The molecule has 1 aliphatic heterocycles. The third-order valence-electron chi connectivity index (χ3n) is 2.32. The summed E-state index contributed by atoms with van der Waals surface area (Å²) in [6.07, 6.45) is 1.88. The molecule has 1 aliphatic rings. The van der Waals surface area contributed by atoms with Crippen molar-refractivity contribution in [1.29, 1.82) is 0 Å². The zero-order valence-electron chi connectivity index (χ0n) is 7.42. The molecule has 4 nitrogen and oxygen atoms in total. The zero-order valence-corrected chi connectivity index (χ0v) is 8.17. The van der Waals surface area contributed by atoms with Gasteiger partial charge >= 0.3 is 5.69 Å². The molecule has 1 N–H and O–H groups in total. The van der Waals surface area contributed by atoms with E-state index in [2.05, 4.69) is 5.32 Å². The van der Waals surface area contributed by atoms with E-state index in [0.29, 0.717) is 5.69 Å². The van der Waals surface area contributed by atoms with Crippen molar-refractivity contribution >= 4 is 23.0 Å². The number of rotatable bonds is 1. The molecule has 1 aromatic carbocycles. The van der Waals surface area contributed by atoms with Crippen LogP contribution in [0.5, 0.6) is 0 Å². The predicted molar refractivity (Wildman–Crippen MR) is 54.9 cm³/mol. The van der Waals surface area contributed by atoms with Gasteiger partial charge in [0.15, 0.2) is 0 Å². The summed E-state index contributed by atoms with van der Waals surface area (Å²) in [6.45, 7) is 0.772.